The minimum absolute atomic E-state index is 0.0468. The number of ether oxygens (including phenoxy) is 1. The minimum Gasteiger partial charge on any atom is -0.457 e. The van der Waals surface area contributed by atoms with Crippen molar-refractivity contribution >= 4 is 64.0 Å². The normalized spacial score (nSPS) is 10.9. The fourth-order valence-electron chi connectivity index (χ4n) is 3.59. The van der Waals surface area contributed by atoms with Gasteiger partial charge in [0.1, 0.15) is 17.2 Å². The highest BCUT2D eigenvalue weighted by Gasteiger charge is 2.33. The number of halogens is 6. The van der Waals surface area contributed by atoms with E-state index in [0.717, 1.165) is 12.1 Å². The predicted molar refractivity (Wildman–Crippen MR) is 156 cm³/mol. The molecule has 222 valence electrons. The van der Waals surface area contributed by atoms with Crippen LogP contribution in [-0.4, -0.2) is 22.8 Å². The second-order valence-corrected chi connectivity index (χ2v) is 10.0. The molecule has 0 fully saturated rings. The van der Waals surface area contributed by atoms with E-state index in [9.17, 15) is 27.6 Å². The van der Waals surface area contributed by atoms with E-state index in [1.165, 1.54) is 54.7 Å². The van der Waals surface area contributed by atoms with Crippen molar-refractivity contribution in [3.63, 3.8) is 0 Å². The Hall–Kier alpha value is -4.52. The maximum absolute atomic E-state index is 13.1. The van der Waals surface area contributed by atoms with Crippen LogP contribution in [0.25, 0.3) is 0 Å². The first-order chi connectivity index (χ1) is 20.4. The number of nitrogens with zero attached hydrogens (tertiary/aromatic N) is 1. The van der Waals surface area contributed by atoms with Crippen LogP contribution in [0.1, 0.15) is 21.6 Å². The van der Waals surface area contributed by atoms with Crippen molar-refractivity contribution in [2.75, 3.05) is 10.6 Å². The quantitative estimate of drug-likeness (QED) is 0.154. The molecule has 4 aromatic rings. The third-order valence-electron chi connectivity index (χ3n) is 5.44. The number of rotatable bonds is 7. The number of amides is 4. The molecule has 9 nitrogen and oxygen atoms in total. The summed E-state index contributed by atoms with van der Waals surface area (Å²) in [7, 11) is 0. The summed E-state index contributed by atoms with van der Waals surface area (Å²) in [6.07, 6.45) is -3.42. The number of hydrogen-bond donors (Lipinski definition) is 4. The molecule has 0 radical (unpaired) electrons. The van der Waals surface area contributed by atoms with Crippen LogP contribution in [-0.2, 0) is 17.4 Å². The van der Waals surface area contributed by atoms with Gasteiger partial charge in [0, 0.05) is 33.7 Å². The number of nitrogens with one attached hydrogen (secondary N) is 4. The van der Waals surface area contributed by atoms with Crippen molar-refractivity contribution in [3.8, 4) is 11.5 Å². The second-order valence-electron chi connectivity index (χ2n) is 8.73. The molecule has 0 unspecified atom stereocenters. The lowest BCUT2D eigenvalue weighted by Gasteiger charge is -2.13. The first-order valence-corrected chi connectivity index (χ1v) is 13.2. The van der Waals surface area contributed by atoms with E-state index in [0.29, 0.717) is 27.0 Å². The van der Waals surface area contributed by atoms with Crippen LogP contribution in [0.4, 0.5) is 29.3 Å². The van der Waals surface area contributed by atoms with Crippen LogP contribution in [0, 0.1) is 0 Å². The van der Waals surface area contributed by atoms with E-state index in [-0.39, 0.29) is 23.6 Å². The first-order valence-electron chi connectivity index (χ1n) is 12.1. The number of benzene rings is 3. The van der Waals surface area contributed by atoms with E-state index in [1.54, 1.807) is 12.1 Å². The molecule has 0 aliphatic heterocycles. The summed E-state index contributed by atoms with van der Waals surface area (Å²) in [6.45, 7) is 0. The monoisotopic (exact) mass is 651 g/mol. The van der Waals surface area contributed by atoms with Crippen LogP contribution >= 0.6 is 34.8 Å². The molecule has 0 saturated carbocycles. The maximum Gasteiger partial charge on any atom is 0.417 e. The summed E-state index contributed by atoms with van der Waals surface area (Å²) in [5.41, 5.74) is 4.20. The molecule has 0 aliphatic carbocycles. The number of carbonyl (C=O) groups excluding carboxylic acids is 3. The van der Waals surface area contributed by atoms with E-state index in [1.807, 2.05) is 0 Å². The van der Waals surface area contributed by atoms with Crippen LogP contribution in [0.2, 0.25) is 15.1 Å². The Morgan fingerprint density at radius 1 is 0.767 bits per heavy atom. The Labute approximate surface area is 257 Å². The van der Waals surface area contributed by atoms with Gasteiger partial charge in [0.15, 0.2) is 0 Å². The van der Waals surface area contributed by atoms with Crippen molar-refractivity contribution < 1.29 is 32.3 Å². The van der Waals surface area contributed by atoms with Crippen molar-refractivity contribution in [1.82, 2.24) is 15.8 Å². The zero-order valence-corrected chi connectivity index (χ0v) is 23.8. The van der Waals surface area contributed by atoms with Gasteiger partial charge in [-0.15, -0.1) is 0 Å². The third kappa shape index (κ3) is 9.23. The minimum atomic E-state index is -4.68. The molecule has 1 heterocycles. The van der Waals surface area contributed by atoms with Gasteiger partial charge in [0.05, 0.1) is 17.0 Å². The Morgan fingerprint density at radius 3 is 2.09 bits per heavy atom. The van der Waals surface area contributed by atoms with Crippen LogP contribution in [0.5, 0.6) is 11.5 Å². The third-order valence-corrected chi connectivity index (χ3v) is 6.21. The van der Waals surface area contributed by atoms with Gasteiger partial charge >= 0.3 is 12.2 Å². The number of urea groups is 1. The largest absolute Gasteiger partial charge is 0.457 e. The van der Waals surface area contributed by atoms with Gasteiger partial charge in [-0.2, -0.15) is 13.2 Å². The highest BCUT2D eigenvalue weighted by atomic mass is 35.5. The molecule has 1 aromatic heterocycles. The molecule has 43 heavy (non-hydrogen) atoms. The van der Waals surface area contributed by atoms with E-state index >= 15 is 0 Å². The number of aromatic nitrogens is 1. The summed E-state index contributed by atoms with van der Waals surface area (Å²) >= 11 is 17.5. The lowest BCUT2D eigenvalue weighted by atomic mass is 10.1. The average molecular weight is 653 g/mol. The fourth-order valence-corrected chi connectivity index (χ4v) is 4.38. The number of carbonyl (C=O) groups is 3. The van der Waals surface area contributed by atoms with Crippen LogP contribution in [0.15, 0.2) is 79.0 Å². The van der Waals surface area contributed by atoms with Gasteiger partial charge in [-0.1, -0.05) is 34.8 Å². The van der Waals surface area contributed by atoms with Crippen LogP contribution < -0.4 is 26.2 Å². The van der Waals surface area contributed by atoms with Crippen molar-refractivity contribution in [1.29, 1.82) is 0 Å². The number of alkyl halides is 3. The highest BCUT2D eigenvalue weighted by molar-refractivity contribution is 6.34. The van der Waals surface area contributed by atoms with Crippen molar-refractivity contribution in [2.24, 2.45) is 0 Å². The lowest BCUT2D eigenvalue weighted by Crippen LogP contribution is -2.42. The summed E-state index contributed by atoms with van der Waals surface area (Å²) < 4.78 is 44.9. The zero-order valence-electron chi connectivity index (χ0n) is 21.6. The summed E-state index contributed by atoms with van der Waals surface area (Å²) in [5, 5.41) is 5.06. The van der Waals surface area contributed by atoms with Gasteiger partial charge in [-0.05, 0) is 72.3 Å². The number of anilines is 2. The van der Waals surface area contributed by atoms with Crippen molar-refractivity contribution in [2.45, 2.75) is 12.6 Å². The van der Waals surface area contributed by atoms with Gasteiger partial charge in [-0.3, -0.25) is 25.4 Å². The summed E-state index contributed by atoms with van der Waals surface area (Å²) in [6, 6.07) is 15.8. The Balaban J connectivity index is 1.29. The molecular weight excluding hydrogens is 634 g/mol. The molecule has 0 saturated heterocycles. The number of pyridine rings is 1. The van der Waals surface area contributed by atoms with E-state index in [4.69, 9.17) is 39.5 Å². The Kier molecular flexibility index (Phi) is 9.96. The molecule has 3 aromatic carbocycles. The summed E-state index contributed by atoms with van der Waals surface area (Å²) in [4.78, 5) is 40.9. The fraction of sp³-hybridized carbons (Fsp3) is 0.0714. The molecule has 15 heteroatoms. The predicted octanol–water partition coefficient (Wildman–Crippen LogP) is 7.50. The Morgan fingerprint density at radius 2 is 1.42 bits per heavy atom. The van der Waals surface area contributed by atoms with Gasteiger partial charge in [0.25, 0.3) is 5.91 Å². The van der Waals surface area contributed by atoms with Gasteiger partial charge in [0.2, 0.25) is 5.91 Å². The Bertz CT molecular complexity index is 1650. The topological polar surface area (TPSA) is 121 Å². The molecule has 0 aliphatic rings. The summed E-state index contributed by atoms with van der Waals surface area (Å²) in [5.74, 6) is -0.622. The lowest BCUT2D eigenvalue weighted by molar-refractivity contribution is -0.137. The molecule has 0 bridgehead atoms. The zero-order chi connectivity index (χ0) is 31.1. The number of hydrazine groups is 1. The first kappa shape index (κ1) is 31.4. The van der Waals surface area contributed by atoms with E-state index < -0.39 is 34.6 Å². The SMILES string of the molecule is O=C(Cc1cc(Cl)cc(Cl)c1)NNC(=O)c1cc(Oc2ccc(NC(=O)Nc3ccc(Cl)c(C(F)(F)F)c3)cc2)ccn1. The smallest absolute Gasteiger partial charge is 0.417 e. The number of hydrogen-bond acceptors (Lipinski definition) is 5. The molecule has 4 N–H and O–H groups in total. The van der Waals surface area contributed by atoms with Crippen LogP contribution in [0.3, 0.4) is 0 Å². The second kappa shape index (κ2) is 13.6. The van der Waals surface area contributed by atoms with Crippen molar-refractivity contribution in [3.05, 3.63) is 111 Å². The molecule has 4 rings (SSSR count). The maximum atomic E-state index is 13.1. The van der Waals surface area contributed by atoms with E-state index in [2.05, 4.69) is 26.5 Å². The van der Waals surface area contributed by atoms with Gasteiger partial charge in [-0.25, -0.2) is 4.79 Å². The molecule has 4 amide bonds. The molecular formula is C28H19Cl3F3N5O4. The standard InChI is InChI=1S/C28H19Cl3F3N5O4/c29-16-9-15(10-17(30)12-16)11-25(40)38-39-26(41)24-14-21(7-8-35-24)43-20-4-1-18(2-5-20)36-27(42)37-19-3-6-23(31)22(13-19)28(32,33)34/h1-10,12-14H,11H2,(H,38,40)(H,39,41)(H2,36,37,42). The highest BCUT2D eigenvalue weighted by Crippen LogP contribution is 2.36. The molecule has 0 atom stereocenters. The average Bonchev–Trinajstić information content (AvgIpc) is 2.93. The van der Waals surface area contributed by atoms with Gasteiger partial charge < -0.3 is 15.4 Å². The molecule has 0 spiro atoms.